The molecule has 0 aliphatic rings. The molecule has 0 saturated carbocycles. The molecule has 0 saturated heterocycles. The fraction of sp³-hybridized carbons (Fsp3) is 0.316. The minimum atomic E-state index is -0.315. The van der Waals surface area contributed by atoms with Gasteiger partial charge in [-0.3, -0.25) is 4.79 Å². The van der Waals surface area contributed by atoms with Crippen molar-refractivity contribution in [1.82, 2.24) is 0 Å². The molecule has 0 aliphatic heterocycles. The second kappa shape index (κ2) is 8.22. The van der Waals surface area contributed by atoms with Crippen molar-refractivity contribution in [3.8, 4) is 11.5 Å². The Hall–Kier alpha value is -2.49. The molecule has 2 N–H and O–H groups in total. The van der Waals surface area contributed by atoms with Gasteiger partial charge in [-0.1, -0.05) is 43.3 Å². The monoisotopic (exact) mass is 313 g/mol. The van der Waals surface area contributed by atoms with Crippen LogP contribution in [0.3, 0.4) is 0 Å². The fourth-order valence-electron chi connectivity index (χ4n) is 2.44. The van der Waals surface area contributed by atoms with Crippen molar-refractivity contribution >= 4 is 5.91 Å². The zero-order valence-electron chi connectivity index (χ0n) is 13.6. The first kappa shape index (κ1) is 16.9. The molecule has 1 atom stereocenters. The van der Waals surface area contributed by atoms with Crippen molar-refractivity contribution in [2.45, 2.75) is 32.8 Å². The number of ether oxygens (including phenoxy) is 2. The molecular weight excluding hydrogens is 290 g/mol. The van der Waals surface area contributed by atoms with E-state index in [-0.39, 0.29) is 11.8 Å². The molecule has 0 radical (unpaired) electrons. The Morgan fingerprint density at radius 3 is 2.52 bits per heavy atom. The summed E-state index contributed by atoms with van der Waals surface area (Å²) < 4.78 is 11.5. The molecule has 23 heavy (non-hydrogen) atoms. The first-order valence-corrected chi connectivity index (χ1v) is 7.82. The highest BCUT2D eigenvalue weighted by Crippen LogP contribution is 2.32. The summed E-state index contributed by atoms with van der Waals surface area (Å²) >= 11 is 0. The third-order valence-electron chi connectivity index (χ3n) is 3.57. The lowest BCUT2D eigenvalue weighted by atomic mass is 9.96. The predicted molar refractivity (Wildman–Crippen MR) is 90.6 cm³/mol. The van der Waals surface area contributed by atoms with Crippen LogP contribution >= 0.6 is 0 Å². The standard InChI is InChI=1S/C19H23NO3/c1-3-22-18-12-16(23-13-15-7-5-4-6-8-15)9-10-17(18)14(2)11-19(20)21/h4-10,12,14H,3,11,13H2,1-2H3,(H2,20,21). The van der Waals surface area contributed by atoms with Crippen LogP contribution < -0.4 is 15.2 Å². The summed E-state index contributed by atoms with van der Waals surface area (Å²) in [6.45, 7) is 4.95. The maximum Gasteiger partial charge on any atom is 0.218 e. The molecule has 1 amide bonds. The minimum absolute atomic E-state index is 0.0113. The van der Waals surface area contributed by atoms with Gasteiger partial charge in [0.1, 0.15) is 18.1 Å². The number of rotatable bonds is 8. The van der Waals surface area contributed by atoms with Crippen LogP contribution in [0.5, 0.6) is 11.5 Å². The Labute approximate surface area is 137 Å². The molecule has 0 bridgehead atoms. The van der Waals surface area contributed by atoms with Gasteiger partial charge in [0, 0.05) is 12.5 Å². The van der Waals surface area contributed by atoms with Crippen molar-refractivity contribution in [2.24, 2.45) is 5.73 Å². The SMILES string of the molecule is CCOc1cc(OCc2ccccc2)ccc1C(C)CC(N)=O. The molecule has 122 valence electrons. The minimum Gasteiger partial charge on any atom is -0.493 e. The van der Waals surface area contributed by atoms with Crippen molar-refractivity contribution in [1.29, 1.82) is 0 Å². The van der Waals surface area contributed by atoms with Gasteiger partial charge in [0.25, 0.3) is 0 Å². The van der Waals surface area contributed by atoms with E-state index in [4.69, 9.17) is 15.2 Å². The summed E-state index contributed by atoms with van der Waals surface area (Å²) in [7, 11) is 0. The molecule has 2 aromatic carbocycles. The number of carbonyl (C=O) groups excluding carboxylic acids is 1. The number of nitrogens with two attached hydrogens (primary N) is 1. The molecular formula is C19H23NO3. The summed E-state index contributed by atoms with van der Waals surface area (Å²) in [5, 5.41) is 0. The van der Waals surface area contributed by atoms with E-state index < -0.39 is 0 Å². The third kappa shape index (κ3) is 5.02. The van der Waals surface area contributed by atoms with E-state index in [9.17, 15) is 4.79 Å². The van der Waals surface area contributed by atoms with Crippen LogP contribution in [0.15, 0.2) is 48.5 Å². The van der Waals surface area contributed by atoms with E-state index in [1.165, 1.54) is 0 Å². The van der Waals surface area contributed by atoms with Crippen LogP contribution in [0, 0.1) is 0 Å². The highest BCUT2D eigenvalue weighted by Gasteiger charge is 2.15. The van der Waals surface area contributed by atoms with E-state index in [1.54, 1.807) is 0 Å². The van der Waals surface area contributed by atoms with Gasteiger partial charge in [-0.2, -0.15) is 0 Å². The van der Waals surface area contributed by atoms with E-state index in [2.05, 4.69) is 0 Å². The smallest absolute Gasteiger partial charge is 0.218 e. The first-order chi connectivity index (χ1) is 11.1. The molecule has 2 rings (SSSR count). The molecule has 1 unspecified atom stereocenters. The normalized spacial score (nSPS) is 11.7. The van der Waals surface area contributed by atoms with E-state index in [0.717, 1.165) is 22.6 Å². The van der Waals surface area contributed by atoms with Gasteiger partial charge < -0.3 is 15.2 Å². The van der Waals surface area contributed by atoms with E-state index in [0.29, 0.717) is 19.6 Å². The first-order valence-electron chi connectivity index (χ1n) is 7.82. The number of primary amides is 1. The van der Waals surface area contributed by atoms with Crippen LogP contribution in [-0.2, 0) is 11.4 Å². The Kier molecular flexibility index (Phi) is 6.03. The number of hydrogen-bond donors (Lipinski definition) is 1. The fourth-order valence-corrected chi connectivity index (χ4v) is 2.44. The van der Waals surface area contributed by atoms with E-state index >= 15 is 0 Å². The number of hydrogen-bond acceptors (Lipinski definition) is 3. The predicted octanol–water partition coefficient (Wildman–Crippen LogP) is 3.64. The lowest BCUT2D eigenvalue weighted by Gasteiger charge is -2.17. The molecule has 4 heteroatoms. The van der Waals surface area contributed by atoms with Crippen molar-refractivity contribution in [2.75, 3.05) is 6.61 Å². The lowest BCUT2D eigenvalue weighted by Crippen LogP contribution is -2.14. The highest BCUT2D eigenvalue weighted by atomic mass is 16.5. The Morgan fingerprint density at radius 1 is 1.13 bits per heavy atom. The Morgan fingerprint density at radius 2 is 1.87 bits per heavy atom. The second-order valence-electron chi connectivity index (χ2n) is 5.48. The summed E-state index contributed by atoms with van der Waals surface area (Å²) in [6, 6.07) is 15.7. The Bertz CT molecular complexity index is 640. The van der Waals surface area contributed by atoms with Gasteiger partial charge >= 0.3 is 0 Å². The average Bonchev–Trinajstić information content (AvgIpc) is 2.53. The number of benzene rings is 2. The summed E-state index contributed by atoms with van der Waals surface area (Å²) in [5.41, 5.74) is 7.37. The van der Waals surface area contributed by atoms with Crippen LogP contribution in [0.25, 0.3) is 0 Å². The van der Waals surface area contributed by atoms with Gasteiger partial charge in [0.2, 0.25) is 5.91 Å². The van der Waals surface area contributed by atoms with Crippen LogP contribution in [0.2, 0.25) is 0 Å². The van der Waals surface area contributed by atoms with E-state index in [1.807, 2.05) is 62.4 Å². The van der Waals surface area contributed by atoms with Crippen LogP contribution in [0.1, 0.15) is 37.3 Å². The zero-order chi connectivity index (χ0) is 16.7. The number of amides is 1. The van der Waals surface area contributed by atoms with Gasteiger partial charge in [-0.05, 0) is 30.0 Å². The average molecular weight is 313 g/mol. The molecule has 0 spiro atoms. The van der Waals surface area contributed by atoms with Crippen molar-refractivity contribution in [3.63, 3.8) is 0 Å². The van der Waals surface area contributed by atoms with Gasteiger partial charge in [-0.25, -0.2) is 0 Å². The second-order valence-corrected chi connectivity index (χ2v) is 5.48. The summed E-state index contributed by atoms with van der Waals surface area (Å²) in [6.07, 6.45) is 0.296. The maximum atomic E-state index is 11.1. The topological polar surface area (TPSA) is 61.6 Å². The number of carbonyl (C=O) groups is 1. The molecule has 0 aromatic heterocycles. The van der Waals surface area contributed by atoms with Crippen LogP contribution in [-0.4, -0.2) is 12.5 Å². The van der Waals surface area contributed by atoms with Gasteiger partial charge in [0.05, 0.1) is 6.61 Å². The maximum absolute atomic E-state index is 11.1. The quantitative estimate of drug-likeness (QED) is 0.809. The zero-order valence-corrected chi connectivity index (χ0v) is 13.6. The molecule has 0 aliphatic carbocycles. The van der Waals surface area contributed by atoms with Crippen molar-refractivity contribution < 1.29 is 14.3 Å². The van der Waals surface area contributed by atoms with Crippen molar-refractivity contribution in [3.05, 3.63) is 59.7 Å². The third-order valence-corrected chi connectivity index (χ3v) is 3.57. The summed E-state index contributed by atoms with van der Waals surface area (Å²) in [5.74, 6) is 1.18. The van der Waals surface area contributed by atoms with Gasteiger partial charge in [0.15, 0.2) is 0 Å². The molecule has 2 aromatic rings. The largest absolute Gasteiger partial charge is 0.493 e. The molecule has 4 nitrogen and oxygen atoms in total. The summed E-state index contributed by atoms with van der Waals surface area (Å²) in [4.78, 5) is 11.1. The lowest BCUT2D eigenvalue weighted by molar-refractivity contribution is -0.118. The van der Waals surface area contributed by atoms with Crippen LogP contribution in [0.4, 0.5) is 0 Å². The Balaban J connectivity index is 2.13. The van der Waals surface area contributed by atoms with Gasteiger partial charge in [-0.15, -0.1) is 0 Å². The molecule has 0 fully saturated rings. The molecule has 0 heterocycles. The highest BCUT2D eigenvalue weighted by molar-refractivity contribution is 5.75.